The first-order chi connectivity index (χ1) is 8.41. The first-order valence-corrected chi connectivity index (χ1v) is 7.26. The van der Waals surface area contributed by atoms with Crippen LogP contribution in [-0.2, 0) is 0 Å². The van der Waals surface area contributed by atoms with Crippen LogP contribution in [-0.4, -0.2) is 30.4 Å². The SMILES string of the molecule is CC(C)C(N)CCN(C)C(=O)c1ccc(I)cc1.Cl. The van der Waals surface area contributed by atoms with Crippen LogP contribution >= 0.6 is 35.0 Å². The molecule has 0 saturated heterocycles. The Bertz CT molecular complexity index is 395. The van der Waals surface area contributed by atoms with E-state index >= 15 is 0 Å². The molecule has 5 heteroatoms. The number of carbonyl (C=O) groups is 1. The van der Waals surface area contributed by atoms with Crippen LogP contribution in [0.2, 0.25) is 0 Å². The Balaban J connectivity index is 0.00000324. The molecule has 0 bridgehead atoms. The summed E-state index contributed by atoms with van der Waals surface area (Å²) in [4.78, 5) is 13.9. The molecule has 1 unspecified atom stereocenters. The van der Waals surface area contributed by atoms with E-state index in [0.29, 0.717) is 12.5 Å². The van der Waals surface area contributed by atoms with E-state index in [1.807, 2.05) is 31.3 Å². The van der Waals surface area contributed by atoms with Crippen LogP contribution in [0.5, 0.6) is 0 Å². The van der Waals surface area contributed by atoms with Crippen molar-refractivity contribution in [1.29, 1.82) is 0 Å². The van der Waals surface area contributed by atoms with Crippen molar-refractivity contribution in [3.05, 3.63) is 33.4 Å². The summed E-state index contributed by atoms with van der Waals surface area (Å²) >= 11 is 2.23. The Kier molecular flexibility index (Phi) is 8.61. The molecular weight excluding hydrogens is 375 g/mol. The maximum atomic E-state index is 12.1. The number of nitrogens with zero attached hydrogens (tertiary/aromatic N) is 1. The molecule has 1 aromatic rings. The van der Waals surface area contributed by atoms with Gasteiger partial charge in [0.15, 0.2) is 0 Å². The van der Waals surface area contributed by atoms with Crippen molar-refractivity contribution in [2.75, 3.05) is 13.6 Å². The predicted molar refractivity (Wildman–Crippen MR) is 90.8 cm³/mol. The fourth-order valence-electron chi connectivity index (χ4n) is 1.59. The third-order valence-corrected chi connectivity index (χ3v) is 3.81. The summed E-state index contributed by atoms with van der Waals surface area (Å²) in [7, 11) is 1.83. The standard InChI is InChI=1S/C14H21IN2O.ClH/c1-10(2)13(16)8-9-17(3)14(18)11-4-6-12(15)7-5-11;/h4-7,10,13H,8-9,16H2,1-3H3;1H. The molecule has 1 rings (SSSR count). The van der Waals surface area contributed by atoms with Crippen molar-refractivity contribution in [3.63, 3.8) is 0 Å². The minimum absolute atomic E-state index is 0. The average molecular weight is 397 g/mol. The van der Waals surface area contributed by atoms with Gasteiger partial charge < -0.3 is 10.6 Å². The van der Waals surface area contributed by atoms with Gasteiger partial charge >= 0.3 is 0 Å². The molecule has 0 aliphatic rings. The highest BCUT2D eigenvalue weighted by molar-refractivity contribution is 14.1. The van der Waals surface area contributed by atoms with Crippen LogP contribution < -0.4 is 5.73 Å². The third-order valence-electron chi connectivity index (χ3n) is 3.09. The summed E-state index contributed by atoms with van der Waals surface area (Å²) in [6.07, 6.45) is 0.838. The normalized spacial score (nSPS) is 11.9. The summed E-state index contributed by atoms with van der Waals surface area (Å²) in [6, 6.07) is 7.77. The first-order valence-electron chi connectivity index (χ1n) is 6.18. The van der Waals surface area contributed by atoms with Crippen molar-refractivity contribution < 1.29 is 4.79 Å². The second-order valence-corrected chi connectivity index (χ2v) is 6.18. The number of halogens is 2. The van der Waals surface area contributed by atoms with E-state index in [2.05, 4.69) is 36.4 Å². The van der Waals surface area contributed by atoms with Crippen molar-refractivity contribution >= 4 is 40.9 Å². The molecule has 1 atom stereocenters. The van der Waals surface area contributed by atoms with E-state index in [4.69, 9.17) is 5.73 Å². The van der Waals surface area contributed by atoms with Crippen molar-refractivity contribution in [3.8, 4) is 0 Å². The molecule has 0 spiro atoms. The summed E-state index contributed by atoms with van der Waals surface area (Å²) < 4.78 is 1.13. The molecule has 2 N–H and O–H groups in total. The fraction of sp³-hybridized carbons (Fsp3) is 0.500. The lowest BCUT2D eigenvalue weighted by atomic mass is 10.0. The molecule has 0 aliphatic heterocycles. The minimum Gasteiger partial charge on any atom is -0.342 e. The number of carbonyl (C=O) groups excluding carboxylic acids is 1. The molecule has 108 valence electrons. The van der Waals surface area contributed by atoms with Gasteiger partial charge in [0, 0.05) is 28.8 Å². The molecule has 0 aliphatic carbocycles. The van der Waals surface area contributed by atoms with E-state index in [1.54, 1.807) is 4.90 Å². The van der Waals surface area contributed by atoms with Gasteiger partial charge in [-0.1, -0.05) is 13.8 Å². The van der Waals surface area contributed by atoms with Gasteiger partial charge in [0.05, 0.1) is 0 Å². The lowest BCUT2D eigenvalue weighted by Gasteiger charge is -2.21. The molecule has 0 radical (unpaired) electrons. The van der Waals surface area contributed by atoms with Crippen molar-refractivity contribution in [2.45, 2.75) is 26.3 Å². The van der Waals surface area contributed by atoms with Gasteiger partial charge in [-0.15, -0.1) is 12.4 Å². The van der Waals surface area contributed by atoms with Gasteiger partial charge in [0.25, 0.3) is 5.91 Å². The zero-order chi connectivity index (χ0) is 13.7. The highest BCUT2D eigenvalue weighted by atomic mass is 127. The molecule has 0 fully saturated rings. The first kappa shape index (κ1) is 18.7. The summed E-state index contributed by atoms with van der Waals surface area (Å²) in [6.45, 7) is 4.90. The van der Waals surface area contributed by atoms with Crippen LogP contribution in [0.3, 0.4) is 0 Å². The number of benzene rings is 1. The number of nitrogens with two attached hydrogens (primary N) is 1. The van der Waals surface area contributed by atoms with Crippen LogP contribution in [0, 0.1) is 9.49 Å². The van der Waals surface area contributed by atoms with Gasteiger partial charge in [-0.25, -0.2) is 0 Å². The largest absolute Gasteiger partial charge is 0.342 e. The molecule has 1 amide bonds. The van der Waals surface area contributed by atoms with Crippen molar-refractivity contribution in [2.24, 2.45) is 11.7 Å². The molecule has 0 heterocycles. The molecule has 3 nitrogen and oxygen atoms in total. The van der Waals surface area contributed by atoms with E-state index in [-0.39, 0.29) is 24.4 Å². The number of amides is 1. The molecule has 0 aromatic heterocycles. The Hall–Kier alpha value is -0.330. The van der Waals surface area contributed by atoms with Crippen LogP contribution in [0.25, 0.3) is 0 Å². The molecular formula is C14H22ClIN2O. The van der Waals surface area contributed by atoms with Crippen LogP contribution in [0.4, 0.5) is 0 Å². The fourth-order valence-corrected chi connectivity index (χ4v) is 1.95. The number of hydrogen-bond donors (Lipinski definition) is 1. The third kappa shape index (κ3) is 6.10. The molecule has 1 aromatic carbocycles. The maximum absolute atomic E-state index is 12.1. The second-order valence-electron chi connectivity index (χ2n) is 4.93. The van der Waals surface area contributed by atoms with E-state index in [0.717, 1.165) is 15.6 Å². The molecule has 19 heavy (non-hydrogen) atoms. The second kappa shape index (κ2) is 8.76. The number of rotatable bonds is 5. The number of hydrogen-bond acceptors (Lipinski definition) is 2. The lowest BCUT2D eigenvalue weighted by Crippen LogP contribution is -2.34. The Morgan fingerprint density at radius 2 is 1.84 bits per heavy atom. The van der Waals surface area contributed by atoms with Gasteiger partial charge in [-0.3, -0.25) is 4.79 Å². The summed E-state index contributed by atoms with van der Waals surface area (Å²) in [5.74, 6) is 0.508. The Morgan fingerprint density at radius 1 is 1.32 bits per heavy atom. The summed E-state index contributed by atoms with van der Waals surface area (Å²) in [5.41, 5.74) is 6.72. The maximum Gasteiger partial charge on any atom is 0.253 e. The minimum atomic E-state index is 0. The van der Waals surface area contributed by atoms with Gasteiger partial charge in [-0.2, -0.15) is 0 Å². The highest BCUT2D eigenvalue weighted by Crippen LogP contribution is 2.10. The predicted octanol–water partition coefficient (Wildman–Crippen LogP) is 3.16. The van der Waals surface area contributed by atoms with Crippen LogP contribution in [0.1, 0.15) is 30.6 Å². The Morgan fingerprint density at radius 3 is 2.32 bits per heavy atom. The quantitative estimate of drug-likeness (QED) is 0.777. The van der Waals surface area contributed by atoms with E-state index in [1.165, 1.54) is 0 Å². The highest BCUT2D eigenvalue weighted by Gasteiger charge is 2.14. The van der Waals surface area contributed by atoms with E-state index < -0.39 is 0 Å². The Labute approximate surface area is 135 Å². The summed E-state index contributed by atoms with van der Waals surface area (Å²) in [5, 5.41) is 0. The molecule has 0 saturated carbocycles. The zero-order valence-electron chi connectivity index (χ0n) is 11.6. The van der Waals surface area contributed by atoms with Gasteiger partial charge in [0.1, 0.15) is 0 Å². The van der Waals surface area contributed by atoms with Crippen LogP contribution in [0.15, 0.2) is 24.3 Å². The van der Waals surface area contributed by atoms with Crippen molar-refractivity contribution in [1.82, 2.24) is 4.90 Å². The topological polar surface area (TPSA) is 46.3 Å². The average Bonchev–Trinajstić information content (AvgIpc) is 2.35. The van der Waals surface area contributed by atoms with Gasteiger partial charge in [-0.05, 0) is 59.2 Å². The zero-order valence-corrected chi connectivity index (χ0v) is 14.6. The van der Waals surface area contributed by atoms with Gasteiger partial charge in [0.2, 0.25) is 0 Å². The monoisotopic (exact) mass is 396 g/mol. The van der Waals surface area contributed by atoms with E-state index in [9.17, 15) is 4.79 Å². The lowest BCUT2D eigenvalue weighted by molar-refractivity contribution is 0.0789. The smallest absolute Gasteiger partial charge is 0.253 e.